The predicted octanol–water partition coefficient (Wildman–Crippen LogP) is 0.607. The van der Waals surface area contributed by atoms with E-state index < -0.39 is 0 Å². The molecule has 2 heterocycles. The first kappa shape index (κ1) is 9.00. The van der Waals surface area contributed by atoms with Crippen LogP contribution in [0.2, 0.25) is 0 Å². The quantitative estimate of drug-likeness (QED) is 0.644. The number of carbonyl (C=O) groups is 1. The summed E-state index contributed by atoms with van der Waals surface area (Å²) in [5.74, 6) is 0.317. The molecule has 0 bridgehead atoms. The minimum atomic E-state index is 0.121. The third-order valence-electron chi connectivity index (χ3n) is 2.91. The van der Waals surface area contributed by atoms with E-state index in [0.717, 1.165) is 32.5 Å². The van der Waals surface area contributed by atoms with Crippen LogP contribution in [0.25, 0.3) is 0 Å². The van der Waals surface area contributed by atoms with E-state index in [4.69, 9.17) is 0 Å². The summed E-state index contributed by atoms with van der Waals surface area (Å²) in [6.07, 6.45) is 2.17. The molecule has 1 atom stereocenters. The first-order chi connectivity index (χ1) is 6.08. The topological polar surface area (TPSA) is 32.3 Å². The number of nitrogens with zero attached hydrogens (tertiary/aromatic N) is 1. The van der Waals surface area contributed by atoms with Crippen molar-refractivity contribution in [1.82, 2.24) is 10.2 Å². The summed E-state index contributed by atoms with van der Waals surface area (Å²) in [7, 11) is 0. The van der Waals surface area contributed by atoms with Crippen LogP contribution in [0.4, 0.5) is 0 Å². The predicted molar refractivity (Wildman–Crippen MR) is 51.4 cm³/mol. The molecular formula is C10H18N2O. The number of carbonyl (C=O) groups excluding carboxylic acids is 1. The molecule has 2 saturated heterocycles. The van der Waals surface area contributed by atoms with E-state index in [1.165, 1.54) is 0 Å². The van der Waals surface area contributed by atoms with Crippen LogP contribution < -0.4 is 5.32 Å². The number of amides is 1. The molecule has 2 fully saturated rings. The Morgan fingerprint density at radius 3 is 2.62 bits per heavy atom. The van der Waals surface area contributed by atoms with Gasteiger partial charge in [0.25, 0.3) is 0 Å². The van der Waals surface area contributed by atoms with Crippen LogP contribution in [0.5, 0.6) is 0 Å². The van der Waals surface area contributed by atoms with Gasteiger partial charge in [-0.3, -0.25) is 4.79 Å². The zero-order valence-corrected chi connectivity index (χ0v) is 8.47. The maximum Gasteiger partial charge on any atom is 0.239 e. The highest BCUT2D eigenvalue weighted by molar-refractivity contribution is 5.83. The Labute approximate surface area is 79.5 Å². The fourth-order valence-corrected chi connectivity index (χ4v) is 2.26. The van der Waals surface area contributed by atoms with E-state index in [9.17, 15) is 4.79 Å². The Hall–Kier alpha value is -0.570. The van der Waals surface area contributed by atoms with Gasteiger partial charge in [0.15, 0.2) is 0 Å². The molecule has 0 spiro atoms. The Kier molecular flexibility index (Phi) is 2.06. The smallest absolute Gasteiger partial charge is 0.239 e. The van der Waals surface area contributed by atoms with Crippen LogP contribution in [-0.4, -0.2) is 36.5 Å². The van der Waals surface area contributed by atoms with Gasteiger partial charge in [0.1, 0.15) is 0 Å². The Balaban J connectivity index is 1.85. The molecule has 13 heavy (non-hydrogen) atoms. The summed E-state index contributed by atoms with van der Waals surface area (Å²) in [6, 6.07) is 0.121. The third kappa shape index (κ3) is 1.70. The first-order valence-electron chi connectivity index (χ1n) is 5.11. The molecule has 2 rings (SSSR count). The van der Waals surface area contributed by atoms with Crippen LogP contribution >= 0.6 is 0 Å². The standard InChI is InChI=1S/C10H18N2O/c1-10(2)6-12(7-10)9(13)8-4-3-5-11-8/h8,11H,3-7H2,1-2H3/t8-/m0/s1. The maximum atomic E-state index is 11.8. The zero-order chi connectivity index (χ0) is 9.47. The lowest BCUT2D eigenvalue weighted by Gasteiger charge is -2.46. The highest BCUT2D eigenvalue weighted by atomic mass is 16.2. The molecule has 0 aromatic carbocycles. The van der Waals surface area contributed by atoms with Crippen LogP contribution in [0.1, 0.15) is 26.7 Å². The molecule has 0 aliphatic carbocycles. The van der Waals surface area contributed by atoms with Crippen molar-refractivity contribution in [3.05, 3.63) is 0 Å². The van der Waals surface area contributed by atoms with E-state index in [1.54, 1.807) is 0 Å². The number of nitrogens with one attached hydrogen (secondary N) is 1. The lowest BCUT2D eigenvalue weighted by atomic mass is 9.84. The van der Waals surface area contributed by atoms with Gasteiger partial charge in [-0.1, -0.05) is 13.8 Å². The molecule has 3 nitrogen and oxygen atoms in total. The van der Waals surface area contributed by atoms with Crippen molar-refractivity contribution in [3.63, 3.8) is 0 Å². The maximum absolute atomic E-state index is 11.8. The summed E-state index contributed by atoms with van der Waals surface area (Å²) < 4.78 is 0. The number of rotatable bonds is 1. The monoisotopic (exact) mass is 182 g/mol. The minimum Gasteiger partial charge on any atom is -0.340 e. The number of hydrogen-bond acceptors (Lipinski definition) is 2. The highest BCUT2D eigenvalue weighted by Crippen LogP contribution is 2.29. The van der Waals surface area contributed by atoms with Gasteiger partial charge in [-0.15, -0.1) is 0 Å². The molecule has 1 amide bonds. The van der Waals surface area contributed by atoms with Crippen molar-refractivity contribution in [2.75, 3.05) is 19.6 Å². The molecule has 0 aromatic rings. The largest absolute Gasteiger partial charge is 0.340 e. The van der Waals surface area contributed by atoms with E-state index in [-0.39, 0.29) is 6.04 Å². The number of likely N-dealkylation sites (tertiary alicyclic amines) is 1. The summed E-state index contributed by atoms with van der Waals surface area (Å²) >= 11 is 0. The second kappa shape index (κ2) is 2.98. The molecule has 0 unspecified atom stereocenters. The van der Waals surface area contributed by atoms with Gasteiger partial charge >= 0.3 is 0 Å². The second-order valence-corrected chi connectivity index (χ2v) is 5.01. The van der Waals surface area contributed by atoms with Gasteiger partial charge in [-0.2, -0.15) is 0 Å². The summed E-state index contributed by atoms with van der Waals surface area (Å²) in [5.41, 5.74) is 0.355. The Morgan fingerprint density at radius 2 is 2.15 bits per heavy atom. The van der Waals surface area contributed by atoms with Crippen molar-refractivity contribution >= 4 is 5.91 Å². The SMILES string of the molecule is CC1(C)CN(C(=O)[C@@H]2CCCN2)C1. The zero-order valence-electron chi connectivity index (χ0n) is 8.47. The van der Waals surface area contributed by atoms with Gasteiger partial charge in [-0.05, 0) is 24.8 Å². The summed E-state index contributed by atoms with van der Waals surface area (Å²) in [5, 5.41) is 3.24. The van der Waals surface area contributed by atoms with Crippen LogP contribution in [-0.2, 0) is 4.79 Å². The normalized spacial score (nSPS) is 31.5. The van der Waals surface area contributed by atoms with E-state index >= 15 is 0 Å². The van der Waals surface area contributed by atoms with Crippen LogP contribution in [0, 0.1) is 5.41 Å². The fourth-order valence-electron chi connectivity index (χ4n) is 2.26. The van der Waals surface area contributed by atoms with Gasteiger partial charge in [0, 0.05) is 13.1 Å². The van der Waals surface area contributed by atoms with E-state index in [2.05, 4.69) is 19.2 Å². The summed E-state index contributed by atoms with van der Waals surface area (Å²) in [4.78, 5) is 13.8. The van der Waals surface area contributed by atoms with Crippen molar-refractivity contribution < 1.29 is 4.79 Å². The lowest BCUT2D eigenvalue weighted by molar-refractivity contribution is -0.143. The summed E-state index contributed by atoms with van der Waals surface area (Å²) in [6.45, 7) is 7.29. The van der Waals surface area contributed by atoms with Crippen LogP contribution in [0.15, 0.2) is 0 Å². The molecule has 0 aromatic heterocycles. The molecule has 0 saturated carbocycles. The Bertz CT molecular complexity index is 211. The Morgan fingerprint density at radius 1 is 1.46 bits per heavy atom. The second-order valence-electron chi connectivity index (χ2n) is 5.01. The molecule has 2 aliphatic rings. The van der Waals surface area contributed by atoms with Crippen molar-refractivity contribution in [2.45, 2.75) is 32.7 Å². The fraction of sp³-hybridized carbons (Fsp3) is 0.900. The first-order valence-corrected chi connectivity index (χ1v) is 5.11. The third-order valence-corrected chi connectivity index (χ3v) is 2.91. The highest BCUT2D eigenvalue weighted by Gasteiger charge is 2.39. The van der Waals surface area contributed by atoms with E-state index in [1.807, 2.05) is 4.90 Å². The van der Waals surface area contributed by atoms with Gasteiger partial charge in [0.2, 0.25) is 5.91 Å². The van der Waals surface area contributed by atoms with Crippen molar-refractivity contribution in [2.24, 2.45) is 5.41 Å². The lowest BCUT2D eigenvalue weighted by Crippen LogP contribution is -2.59. The molecule has 0 radical (unpaired) electrons. The van der Waals surface area contributed by atoms with Crippen molar-refractivity contribution in [3.8, 4) is 0 Å². The average Bonchev–Trinajstić information content (AvgIpc) is 2.50. The van der Waals surface area contributed by atoms with Gasteiger partial charge < -0.3 is 10.2 Å². The minimum absolute atomic E-state index is 0.121. The molecule has 1 N–H and O–H groups in total. The van der Waals surface area contributed by atoms with Gasteiger partial charge in [-0.25, -0.2) is 0 Å². The number of hydrogen-bond donors (Lipinski definition) is 1. The average molecular weight is 182 g/mol. The molecular weight excluding hydrogens is 164 g/mol. The molecule has 2 aliphatic heterocycles. The van der Waals surface area contributed by atoms with Crippen LogP contribution in [0.3, 0.4) is 0 Å². The molecule has 3 heteroatoms. The molecule has 74 valence electrons. The van der Waals surface area contributed by atoms with E-state index in [0.29, 0.717) is 11.3 Å². The van der Waals surface area contributed by atoms with Crippen molar-refractivity contribution in [1.29, 1.82) is 0 Å². The van der Waals surface area contributed by atoms with Gasteiger partial charge in [0.05, 0.1) is 6.04 Å².